The van der Waals surface area contributed by atoms with Crippen LogP contribution in [0.5, 0.6) is 0 Å². The van der Waals surface area contributed by atoms with Crippen LogP contribution in [-0.4, -0.2) is 24.3 Å². The van der Waals surface area contributed by atoms with Gasteiger partial charge in [-0.1, -0.05) is 50.8 Å². The summed E-state index contributed by atoms with van der Waals surface area (Å²) in [5.41, 5.74) is 1.14. The number of rotatable bonds is 6. The molecule has 0 aliphatic carbocycles. The molecule has 2 N–H and O–H groups in total. The quantitative estimate of drug-likeness (QED) is 0.619. The van der Waals surface area contributed by atoms with Gasteiger partial charge in [-0.3, -0.25) is 9.35 Å². The van der Waals surface area contributed by atoms with Crippen LogP contribution in [0.4, 0.5) is 0 Å². The molecule has 20 heavy (non-hydrogen) atoms. The molecule has 0 heterocycles. The minimum Gasteiger partial charge on any atom is -0.334 e. The molecule has 0 saturated carbocycles. The fraction of sp³-hybridized carbons (Fsp3) is 0.357. The molecule has 0 fully saturated rings. The highest BCUT2D eigenvalue weighted by atomic mass is 32.2. The Hall–Kier alpha value is -1.66. The molecule has 6 heteroatoms. The van der Waals surface area contributed by atoms with Gasteiger partial charge in [0.2, 0.25) is 5.91 Å². The van der Waals surface area contributed by atoms with Crippen LogP contribution in [0.3, 0.4) is 0 Å². The molecule has 0 spiro atoms. The predicted molar refractivity (Wildman–Crippen MR) is 77.6 cm³/mol. The van der Waals surface area contributed by atoms with E-state index in [1.165, 1.54) is 0 Å². The normalized spacial score (nSPS) is 13.0. The van der Waals surface area contributed by atoms with Crippen LogP contribution in [-0.2, 0) is 21.3 Å². The Morgan fingerprint density at radius 1 is 1.30 bits per heavy atom. The zero-order chi connectivity index (χ0) is 15.3. The van der Waals surface area contributed by atoms with E-state index in [-0.39, 0.29) is 5.57 Å². The predicted octanol–water partition coefficient (Wildman–Crippen LogP) is 1.77. The van der Waals surface area contributed by atoms with Crippen molar-refractivity contribution in [3.63, 3.8) is 0 Å². The largest absolute Gasteiger partial charge is 0.334 e. The van der Waals surface area contributed by atoms with Crippen LogP contribution in [0.2, 0.25) is 0 Å². The number of hydrogen-bond acceptors (Lipinski definition) is 3. The van der Waals surface area contributed by atoms with Gasteiger partial charge in [-0.15, -0.1) is 0 Å². The summed E-state index contributed by atoms with van der Waals surface area (Å²) in [7, 11) is -4.34. The van der Waals surface area contributed by atoms with Crippen molar-refractivity contribution in [2.45, 2.75) is 25.6 Å². The minimum absolute atomic E-state index is 0.241. The average Bonchev–Trinajstić information content (AvgIpc) is 2.34. The van der Waals surface area contributed by atoms with E-state index in [1.807, 2.05) is 30.3 Å². The molecule has 1 aromatic rings. The summed E-state index contributed by atoms with van der Waals surface area (Å²) in [5, 5.41) is 0.969. The lowest BCUT2D eigenvalue weighted by Gasteiger charge is -2.19. The van der Waals surface area contributed by atoms with Gasteiger partial charge < -0.3 is 5.32 Å². The molecule has 1 atom stereocenters. The van der Waals surface area contributed by atoms with Gasteiger partial charge in [-0.2, -0.15) is 8.42 Å². The van der Waals surface area contributed by atoms with Crippen molar-refractivity contribution in [2.75, 3.05) is 0 Å². The first-order valence-corrected chi connectivity index (χ1v) is 7.71. The monoisotopic (exact) mass is 297 g/mol. The smallest absolute Gasteiger partial charge is 0.286 e. The molecular weight excluding hydrogens is 278 g/mol. The van der Waals surface area contributed by atoms with Crippen LogP contribution in [0.1, 0.15) is 19.4 Å². The van der Waals surface area contributed by atoms with E-state index >= 15 is 0 Å². The van der Waals surface area contributed by atoms with Crippen molar-refractivity contribution in [1.82, 2.24) is 5.32 Å². The van der Waals surface area contributed by atoms with Crippen molar-refractivity contribution in [3.05, 3.63) is 48.0 Å². The van der Waals surface area contributed by atoms with Crippen molar-refractivity contribution in [3.8, 4) is 0 Å². The third-order valence-electron chi connectivity index (χ3n) is 2.78. The Balaban J connectivity index is 2.73. The number of amides is 1. The maximum Gasteiger partial charge on any atom is 0.286 e. The molecule has 0 saturated heterocycles. The zero-order valence-corrected chi connectivity index (χ0v) is 12.4. The summed E-state index contributed by atoms with van der Waals surface area (Å²) in [5.74, 6) is -1.02. The van der Waals surface area contributed by atoms with E-state index in [2.05, 4.69) is 11.9 Å². The summed E-state index contributed by atoms with van der Waals surface area (Å²) < 4.78 is 31.5. The molecule has 0 aliphatic rings. The molecule has 5 nitrogen and oxygen atoms in total. The summed E-state index contributed by atoms with van der Waals surface area (Å²) in [6.07, 6.45) is 0.322. The first kappa shape index (κ1) is 16.4. The molecule has 0 aromatic heterocycles. The van der Waals surface area contributed by atoms with Gasteiger partial charge in [0.15, 0.2) is 5.37 Å². The maximum atomic E-state index is 11.9. The van der Waals surface area contributed by atoms with E-state index in [0.717, 1.165) is 5.56 Å². The van der Waals surface area contributed by atoms with Gasteiger partial charge in [-0.25, -0.2) is 0 Å². The lowest BCUT2D eigenvalue weighted by atomic mass is 10.1. The van der Waals surface area contributed by atoms with Crippen LogP contribution in [0, 0.1) is 5.92 Å². The van der Waals surface area contributed by atoms with E-state index in [4.69, 9.17) is 4.55 Å². The van der Waals surface area contributed by atoms with E-state index < -0.39 is 27.3 Å². The van der Waals surface area contributed by atoms with Crippen molar-refractivity contribution < 1.29 is 17.8 Å². The van der Waals surface area contributed by atoms with Gasteiger partial charge in [-0.05, 0) is 11.5 Å². The second-order valence-electron chi connectivity index (χ2n) is 4.92. The lowest BCUT2D eigenvalue weighted by molar-refractivity contribution is -0.118. The van der Waals surface area contributed by atoms with Crippen LogP contribution >= 0.6 is 0 Å². The Labute approximate surface area is 119 Å². The first-order chi connectivity index (χ1) is 9.21. The summed E-state index contributed by atoms with van der Waals surface area (Å²) in [6, 6.07) is 9.24. The van der Waals surface area contributed by atoms with Gasteiger partial charge in [0.05, 0.1) is 0 Å². The van der Waals surface area contributed by atoms with Gasteiger partial charge in [0.1, 0.15) is 0 Å². The lowest BCUT2D eigenvalue weighted by Crippen LogP contribution is -2.44. The molecular formula is C14H19NO4S. The molecule has 1 rings (SSSR count). The first-order valence-electron chi connectivity index (χ1n) is 6.20. The van der Waals surface area contributed by atoms with E-state index in [9.17, 15) is 13.2 Å². The second-order valence-corrected chi connectivity index (χ2v) is 6.46. The zero-order valence-electron chi connectivity index (χ0n) is 11.5. The Morgan fingerprint density at radius 3 is 2.30 bits per heavy atom. The minimum atomic E-state index is -4.34. The van der Waals surface area contributed by atoms with Crippen LogP contribution in [0.25, 0.3) is 0 Å². The van der Waals surface area contributed by atoms with Crippen LogP contribution < -0.4 is 5.32 Å². The molecule has 0 radical (unpaired) electrons. The van der Waals surface area contributed by atoms with E-state index in [1.54, 1.807) is 13.8 Å². The molecule has 1 unspecified atom stereocenters. The molecule has 1 aromatic carbocycles. The Kier molecular flexibility index (Phi) is 5.47. The number of hydrogen-bond donors (Lipinski definition) is 2. The standard InChI is InChI=1S/C14H19NO4S/c1-10(2)14(20(17,18)19)15-13(16)11(3)9-12-7-5-4-6-8-12/h4-8,10,14H,3,9H2,1-2H3,(H,15,16)(H,17,18,19). The third kappa shape index (κ3) is 4.79. The molecule has 1 amide bonds. The van der Waals surface area contributed by atoms with Crippen molar-refractivity contribution >= 4 is 16.0 Å². The second kappa shape index (κ2) is 6.67. The summed E-state index contributed by atoms with van der Waals surface area (Å²) in [4.78, 5) is 11.9. The highest BCUT2D eigenvalue weighted by Gasteiger charge is 2.28. The van der Waals surface area contributed by atoms with E-state index in [0.29, 0.717) is 6.42 Å². The van der Waals surface area contributed by atoms with Crippen LogP contribution in [0.15, 0.2) is 42.5 Å². The molecule has 0 bridgehead atoms. The fourth-order valence-electron chi connectivity index (χ4n) is 1.74. The highest BCUT2D eigenvalue weighted by molar-refractivity contribution is 7.86. The summed E-state index contributed by atoms with van der Waals surface area (Å²) >= 11 is 0. The third-order valence-corrected chi connectivity index (χ3v) is 4.09. The Bertz CT molecular complexity index is 578. The number of carbonyl (C=O) groups is 1. The topological polar surface area (TPSA) is 83.5 Å². The fourth-order valence-corrected chi connectivity index (χ4v) is 2.68. The average molecular weight is 297 g/mol. The molecule has 0 aliphatic heterocycles. The molecule has 110 valence electrons. The SMILES string of the molecule is C=C(Cc1ccccc1)C(=O)NC(C(C)C)S(=O)(=O)O. The summed E-state index contributed by atoms with van der Waals surface area (Å²) in [6.45, 7) is 6.85. The van der Waals surface area contributed by atoms with Gasteiger partial charge >= 0.3 is 0 Å². The highest BCUT2D eigenvalue weighted by Crippen LogP contribution is 2.11. The number of benzene rings is 1. The number of nitrogens with one attached hydrogen (secondary N) is 1. The van der Waals surface area contributed by atoms with Gasteiger partial charge in [0, 0.05) is 12.0 Å². The maximum absolute atomic E-state index is 11.9. The van der Waals surface area contributed by atoms with Gasteiger partial charge in [0.25, 0.3) is 10.1 Å². The van der Waals surface area contributed by atoms with Crippen molar-refractivity contribution in [1.29, 1.82) is 0 Å². The Morgan fingerprint density at radius 2 is 1.85 bits per heavy atom. The number of carbonyl (C=O) groups excluding carboxylic acids is 1. The van der Waals surface area contributed by atoms with Crippen molar-refractivity contribution in [2.24, 2.45) is 5.92 Å².